The van der Waals surface area contributed by atoms with Crippen molar-refractivity contribution in [1.29, 1.82) is 0 Å². The van der Waals surface area contributed by atoms with Crippen LogP contribution in [0.5, 0.6) is 0 Å². The van der Waals surface area contributed by atoms with Gasteiger partial charge in [-0.25, -0.2) is 0 Å². The number of nitrogens with one attached hydrogen (secondary N) is 1. The molecule has 0 saturated carbocycles. The summed E-state index contributed by atoms with van der Waals surface area (Å²) >= 11 is 12.0. The number of halogens is 2. The van der Waals surface area contributed by atoms with Crippen molar-refractivity contribution >= 4 is 35.0 Å². The van der Waals surface area contributed by atoms with E-state index in [0.717, 1.165) is 12.0 Å². The second kappa shape index (κ2) is 9.14. The molecule has 0 spiro atoms. The number of hydrogen-bond donors (Lipinski definition) is 1. The molecular weight excluding hydrogens is 335 g/mol. The van der Waals surface area contributed by atoms with Crippen molar-refractivity contribution in [2.24, 2.45) is 0 Å². The van der Waals surface area contributed by atoms with Crippen LogP contribution in [0.1, 0.15) is 46.1 Å². The molecule has 128 valence electrons. The average molecular weight is 359 g/mol. The van der Waals surface area contributed by atoms with E-state index in [1.54, 1.807) is 24.0 Å². The zero-order chi connectivity index (χ0) is 17.6. The third kappa shape index (κ3) is 6.04. The van der Waals surface area contributed by atoms with Gasteiger partial charge in [-0.05, 0) is 44.9 Å². The molecular formula is C17H24Cl2N2O2. The Morgan fingerprint density at radius 3 is 2.35 bits per heavy atom. The van der Waals surface area contributed by atoms with Gasteiger partial charge in [0.2, 0.25) is 11.8 Å². The van der Waals surface area contributed by atoms with Gasteiger partial charge in [0.1, 0.15) is 6.04 Å². The van der Waals surface area contributed by atoms with Crippen LogP contribution >= 0.6 is 23.2 Å². The van der Waals surface area contributed by atoms with E-state index in [0.29, 0.717) is 23.0 Å². The zero-order valence-electron chi connectivity index (χ0n) is 14.0. The standard InChI is InChI=1S/C17H24Cl2N2O2/c1-5-6-16(22)21(12(4)17(23)20-11(2)3)10-13-7-8-14(18)15(19)9-13/h7-9,11-12H,5-6,10H2,1-4H3,(H,20,23)/t12-/m0/s1. The van der Waals surface area contributed by atoms with Gasteiger partial charge in [-0.15, -0.1) is 0 Å². The molecule has 1 aromatic carbocycles. The van der Waals surface area contributed by atoms with Crippen molar-refractivity contribution in [1.82, 2.24) is 10.2 Å². The summed E-state index contributed by atoms with van der Waals surface area (Å²) in [5.74, 6) is -0.213. The normalized spacial score (nSPS) is 12.1. The number of carbonyl (C=O) groups is 2. The quantitative estimate of drug-likeness (QED) is 0.799. The maximum Gasteiger partial charge on any atom is 0.242 e. The van der Waals surface area contributed by atoms with Crippen molar-refractivity contribution in [2.75, 3.05) is 0 Å². The minimum Gasteiger partial charge on any atom is -0.352 e. The molecule has 1 atom stereocenters. The Hall–Kier alpha value is -1.26. The third-order valence-corrected chi connectivity index (χ3v) is 4.14. The molecule has 0 radical (unpaired) electrons. The first-order valence-corrected chi connectivity index (χ1v) is 8.55. The number of carbonyl (C=O) groups excluding carboxylic acids is 2. The monoisotopic (exact) mass is 358 g/mol. The van der Waals surface area contributed by atoms with E-state index in [1.165, 1.54) is 0 Å². The van der Waals surface area contributed by atoms with Gasteiger partial charge < -0.3 is 10.2 Å². The fourth-order valence-electron chi connectivity index (χ4n) is 2.18. The molecule has 0 saturated heterocycles. The first-order valence-electron chi connectivity index (χ1n) is 7.80. The first-order chi connectivity index (χ1) is 10.8. The molecule has 0 fully saturated rings. The smallest absolute Gasteiger partial charge is 0.242 e. The van der Waals surface area contributed by atoms with E-state index < -0.39 is 6.04 Å². The van der Waals surface area contributed by atoms with Gasteiger partial charge in [-0.3, -0.25) is 9.59 Å². The van der Waals surface area contributed by atoms with Crippen molar-refractivity contribution in [3.63, 3.8) is 0 Å². The number of amides is 2. The highest BCUT2D eigenvalue weighted by Crippen LogP contribution is 2.24. The predicted molar refractivity (Wildman–Crippen MR) is 94.7 cm³/mol. The Morgan fingerprint density at radius 2 is 1.83 bits per heavy atom. The highest BCUT2D eigenvalue weighted by Gasteiger charge is 2.26. The molecule has 1 N–H and O–H groups in total. The van der Waals surface area contributed by atoms with Gasteiger partial charge in [0, 0.05) is 19.0 Å². The zero-order valence-corrected chi connectivity index (χ0v) is 15.5. The molecule has 0 aliphatic heterocycles. The summed E-state index contributed by atoms with van der Waals surface area (Å²) in [7, 11) is 0. The summed E-state index contributed by atoms with van der Waals surface area (Å²) in [5, 5.41) is 3.75. The summed E-state index contributed by atoms with van der Waals surface area (Å²) in [6.07, 6.45) is 1.13. The molecule has 0 aliphatic rings. The van der Waals surface area contributed by atoms with Crippen molar-refractivity contribution < 1.29 is 9.59 Å². The molecule has 1 aromatic rings. The van der Waals surface area contributed by atoms with Gasteiger partial charge >= 0.3 is 0 Å². The molecule has 0 aliphatic carbocycles. The van der Waals surface area contributed by atoms with Crippen LogP contribution in [0.2, 0.25) is 10.0 Å². The van der Waals surface area contributed by atoms with Crippen LogP contribution in [0.4, 0.5) is 0 Å². The second-order valence-electron chi connectivity index (χ2n) is 5.86. The Balaban J connectivity index is 2.97. The number of rotatable bonds is 7. The van der Waals surface area contributed by atoms with E-state index >= 15 is 0 Å². The van der Waals surface area contributed by atoms with Crippen LogP contribution in [0.15, 0.2) is 18.2 Å². The Kier molecular flexibility index (Phi) is 7.86. The molecule has 2 amide bonds. The fraction of sp³-hybridized carbons (Fsp3) is 0.529. The van der Waals surface area contributed by atoms with Crippen LogP contribution < -0.4 is 5.32 Å². The second-order valence-corrected chi connectivity index (χ2v) is 6.67. The molecule has 1 rings (SSSR count). The topological polar surface area (TPSA) is 49.4 Å². The van der Waals surface area contributed by atoms with Crippen LogP contribution in [0.25, 0.3) is 0 Å². The lowest BCUT2D eigenvalue weighted by Gasteiger charge is -2.29. The van der Waals surface area contributed by atoms with E-state index in [2.05, 4.69) is 5.32 Å². The average Bonchev–Trinajstić information content (AvgIpc) is 2.47. The summed E-state index contributed by atoms with van der Waals surface area (Å²) in [6, 6.07) is 4.71. The minimum atomic E-state index is -0.550. The Morgan fingerprint density at radius 1 is 1.17 bits per heavy atom. The third-order valence-electron chi connectivity index (χ3n) is 3.40. The molecule has 4 nitrogen and oxygen atoms in total. The predicted octanol–water partition coefficient (Wildman–Crippen LogP) is 4.04. The van der Waals surface area contributed by atoms with Crippen LogP contribution in [0, 0.1) is 0 Å². The van der Waals surface area contributed by atoms with Crippen molar-refractivity contribution in [3.05, 3.63) is 33.8 Å². The SMILES string of the molecule is CCCC(=O)N(Cc1ccc(Cl)c(Cl)c1)[C@@H](C)C(=O)NC(C)C. The van der Waals surface area contributed by atoms with Crippen LogP contribution in [-0.4, -0.2) is 28.8 Å². The highest BCUT2D eigenvalue weighted by molar-refractivity contribution is 6.42. The largest absolute Gasteiger partial charge is 0.352 e. The lowest BCUT2D eigenvalue weighted by molar-refractivity contribution is -0.140. The van der Waals surface area contributed by atoms with E-state index in [4.69, 9.17) is 23.2 Å². The van der Waals surface area contributed by atoms with E-state index in [1.807, 2.05) is 26.8 Å². The number of benzene rings is 1. The molecule has 23 heavy (non-hydrogen) atoms. The van der Waals surface area contributed by atoms with E-state index in [-0.39, 0.29) is 17.9 Å². The lowest BCUT2D eigenvalue weighted by atomic mass is 10.1. The molecule has 0 bridgehead atoms. The summed E-state index contributed by atoms with van der Waals surface area (Å²) < 4.78 is 0. The summed E-state index contributed by atoms with van der Waals surface area (Å²) in [5.41, 5.74) is 0.841. The van der Waals surface area contributed by atoms with Crippen LogP contribution in [-0.2, 0) is 16.1 Å². The molecule has 6 heteroatoms. The van der Waals surface area contributed by atoms with Gasteiger partial charge in [-0.1, -0.05) is 36.2 Å². The molecule has 0 unspecified atom stereocenters. The number of nitrogens with zero attached hydrogens (tertiary/aromatic N) is 1. The summed E-state index contributed by atoms with van der Waals surface area (Å²) in [6.45, 7) is 7.78. The van der Waals surface area contributed by atoms with Gasteiger partial charge in [0.05, 0.1) is 10.0 Å². The van der Waals surface area contributed by atoms with Crippen LogP contribution in [0.3, 0.4) is 0 Å². The molecule has 0 heterocycles. The van der Waals surface area contributed by atoms with Gasteiger partial charge in [-0.2, -0.15) is 0 Å². The first kappa shape index (κ1) is 19.8. The Bertz CT molecular complexity index is 562. The highest BCUT2D eigenvalue weighted by atomic mass is 35.5. The maximum atomic E-state index is 12.4. The lowest BCUT2D eigenvalue weighted by Crippen LogP contribution is -2.49. The maximum absolute atomic E-state index is 12.4. The summed E-state index contributed by atoms with van der Waals surface area (Å²) in [4.78, 5) is 26.3. The van der Waals surface area contributed by atoms with Crippen molar-refractivity contribution in [3.8, 4) is 0 Å². The van der Waals surface area contributed by atoms with Gasteiger partial charge in [0.25, 0.3) is 0 Å². The van der Waals surface area contributed by atoms with Crippen molar-refractivity contribution in [2.45, 2.75) is 59.2 Å². The number of hydrogen-bond acceptors (Lipinski definition) is 2. The minimum absolute atomic E-state index is 0.0260. The molecule has 0 aromatic heterocycles. The van der Waals surface area contributed by atoms with E-state index in [9.17, 15) is 9.59 Å². The van der Waals surface area contributed by atoms with Gasteiger partial charge in [0.15, 0.2) is 0 Å². The Labute approximate surface area is 148 Å². The fourth-order valence-corrected chi connectivity index (χ4v) is 2.50.